The highest BCUT2D eigenvalue weighted by Gasteiger charge is 2.21. The Kier molecular flexibility index (Phi) is 13.4. The molecule has 9 heteroatoms. The first-order valence-electron chi connectivity index (χ1n) is 8.01. The van der Waals surface area contributed by atoms with Gasteiger partial charge in [-0.1, -0.05) is 0 Å². The molecule has 0 heterocycles. The number of carbonyl (C=O) groups is 4. The van der Waals surface area contributed by atoms with Crippen molar-refractivity contribution in [2.75, 3.05) is 46.7 Å². The van der Waals surface area contributed by atoms with Crippen molar-refractivity contribution >= 4 is 23.4 Å². The van der Waals surface area contributed by atoms with Crippen molar-refractivity contribution in [2.24, 2.45) is 5.92 Å². The number of carboxylic acids is 1. The standard InChI is InChI=1S/C16H27NO8/c1-12(18)3-4-13(16(21)22)9-14(19)10-25-8-7-24-6-5-17-15(20)11-23-2/h13H,3-11H2,1-2H3,(H,17,20)(H,21,22)/t13-/m1/s1. The fourth-order valence-corrected chi connectivity index (χ4v) is 1.87. The van der Waals surface area contributed by atoms with Crippen molar-refractivity contribution in [1.82, 2.24) is 5.32 Å². The number of Topliss-reactive ketones (excluding diaryl/α,β-unsaturated/α-hetero) is 2. The minimum Gasteiger partial charge on any atom is -0.481 e. The summed E-state index contributed by atoms with van der Waals surface area (Å²) in [6.45, 7) is 2.26. The van der Waals surface area contributed by atoms with Gasteiger partial charge >= 0.3 is 5.97 Å². The summed E-state index contributed by atoms with van der Waals surface area (Å²) >= 11 is 0. The van der Waals surface area contributed by atoms with Crippen molar-refractivity contribution in [3.63, 3.8) is 0 Å². The predicted molar refractivity (Wildman–Crippen MR) is 87.2 cm³/mol. The van der Waals surface area contributed by atoms with Crippen LogP contribution in [-0.2, 0) is 33.4 Å². The van der Waals surface area contributed by atoms with Crippen LogP contribution in [0.15, 0.2) is 0 Å². The zero-order chi connectivity index (χ0) is 19.1. The molecule has 144 valence electrons. The van der Waals surface area contributed by atoms with Gasteiger partial charge in [-0.3, -0.25) is 14.4 Å². The van der Waals surface area contributed by atoms with Crippen LogP contribution in [0.3, 0.4) is 0 Å². The van der Waals surface area contributed by atoms with Gasteiger partial charge in [0.15, 0.2) is 5.78 Å². The number of hydrogen-bond acceptors (Lipinski definition) is 7. The largest absolute Gasteiger partial charge is 0.481 e. The molecule has 0 rings (SSSR count). The zero-order valence-electron chi connectivity index (χ0n) is 14.7. The molecule has 0 fully saturated rings. The van der Waals surface area contributed by atoms with Gasteiger partial charge < -0.3 is 29.4 Å². The molecule has 1 atom stereocenters. The predicted octanol–water partition coefficient (Wildman–Crippen LogP) is -0.189. The molecule has 0 bridgehead atoms. The van der Waals surface area contributed by atoms with E-state index in [0.29, 0.717) is 13.2 Å². The topological polar surface area (TPSA) is 128 Å². The van der Waals surface area contributed by atoms with E-state index in [0.717, 1.165) is 0 Å². The average molecular weight is 361 g/mol. The van der Waals surface area contributed by atoms with Gasteiger partial charge in [0.2, 0.25) is 5.91 Å². The Hall–Kier alpha value is -1.84. The Morgan fingerprint density at radius 3 is 2.32 bits per heavy atom. The number of carboxylic acid groups (broad SMARTS) is 1. The fourth-order valence-electron chi connectivity index (χ4n) is 1.87. The minimum atomic E-state index is -1.09. The van der Waals surface area contributed by atoms with Gasteiger partial charge in [0.1, 0.15) is 19.0 Å². The molecule has 0 unspecified atom stereocenters. The number of ether oxygens (including phenoxy) is 3. The molecule has 0 saturated carbocycles. The van der Waals surface area contributed by atoms with E-state index in [1.165, 1.54) is 14.0 Å². The molecule has 25 heavy (non-hydrogen) atoms. The van der Waals surface area contributed by atoms with Crippen LogP contribution in [0.4, 0.5) is 0 Å². The first-order valence-corrected chi connectivity index (χ1v) is 8.01. The molecule has 0 spiro atoms. The van der Waals surface area contributed by atoms with Crippen molar-refractivity contribution < 1.29 is 38.5 Å². The van der Waals surface area contributed by atoms with Crippen LogP contribution in [0.2, 0.25) is 0 Å². The zero-order valence-corrected chi connectivity index (χ0v) is 14.7. The van der Waals surface area contributed by atoms with Crippen LogP contribution < -0.4 is 5.32 Å². The fraction of sp³-hybridized carbons (Fsp3) is 0.750. The summed E-state index contributed by atoms with van der Waals surface area (Å²) < 4.78 is 15.0. The van der Waals surface area contributed by atoms with Crippen molar-refractivity contribution in [2.45, 2.75) is 26.2 Å². The van der Waals surface area contributed by atoms with E-state index in [9.17, 15) is 19.2 Å². The third kappa shape index (κ3) is 14.2. The number of amides is 1. The molecule has 0 aliphatic rings. The molecule has 0 aromatic rings. The maximum absolute atomic E-state index is 11.7. The van der Waals surface area contributed by atoms with Gasteiger partial charge in [0, 0.05) is 26.5 Å². The molecule has 2 N–H and O–H groups in total. The van der Waals surface area contributed by atoms with Crippen LogP contribution in [0, 0.1) is 5.92 Å². The second-order valence-electron chi connectivity index (χ2n) is 5.47. The van der Waals surface area contributed by atoms with E-state index in [1.54, 1.807) is 0 Å². The SMILES string of the molecule is COCC(=O)NCCOCCOCC(=O)C[C@@H](CCC(C)=O)C(=O)O. The van der Waals surface area contributed by atoms with Gasteiger partial charge in [-0.05, 0) is 13.3 Å². The highest BCUT2D eigenvalue weighted by Crippen LogP contribution is 2.12. The van der Waals surface area contributed by atoms with Crippen molar-refractivity contribution in [1.29, 1.82) is 0 Å². The van der Waals surface area contributed by atoms with E-state index < -0.39 is 11.9 Å². The molecule has 0 aliphatic carbocycles. The van der Waals surface area contributed by atoms with E-state index in [2.05, 4.69) is 10.1 Å². The molecule has 0 aromatic heterocycles. The highest BCUT2D eigenvalue weighted by molar-refractivity contribution is 5.85. The van der Waals surface area contributed by atoms with Gasteiger partial charge in [0.25, 0.3) is 0 Å². The van der Waals surface area contributed by atoms with Gasteiger partial charge in [-0.2, -0.15) is 0 Å². The van der Waals surface area contributed by atoms with Crippen LogP contribution in [0.5, 0.6) is 0 Å². The van der Waals surface area contributed by atoms with Crippen LogP contribution in [0.25, 0.3) is 0 Å². The Morgan fingerprint density at radius 2 is 1.72 bits per heavy atom. The van der Waals surface area contributed by atoms with Gasteiger partial charge in [-0.15, -0.1) is 0 Å². The average Bonchev–Trinajstić information content (AvgIpc) is 2.53. The first-order chi connectivity index (χ1) is 11.9. The van der Waals surface area contributed by atoms with Crippen molar-refractivity contribution in [3.05, 3.63) is 0 Å². The van der Waals surface area contributed by atoms with E-state index in [-0.39, 0.29) is 63.2 Å². The lowest BCUT2D eigenvalue weighted by molar-refractivity contribution is -0.144. The van der Waals surface area contributed by atoms with Crippen LogP contribution in [-0.4, -0.2) is 75.2 Å². The minimum absolute atomic E-state index is 0.00498. The number of nitrogens with one attached hydrogen (secondary N) is 1. The molecule has 0 aliphatic heterocycles. The molecule has 0 saturated heterocycles. The third-order valence-electron chi connectivity index (χ3n) is 3.15. The van der Waals surface area contributed by atoms with Crippen LogP contribution in [0.1, 0.15) is 26.2 Å². The lowest BCUT2D eigenvalue weighted by atomic mass is 9.96. The molecule has 1 amide bonds. The summed E-state index contributed by atoms with van der Waals surface area (Å²) in [6, 6.07) is 0. The second kappa shape index (κ2) is 14.5. The monoisotopic (exact) mass is 361 g/mol. The number of carbonyl (C=O) groups excluding carboxylic acids is 3. The highest BCUT2D eigenvalue weighted by atomic mass is 16.5. The van der Waals surface area contributed by atoms with Crippen molar-refractivity contribution in [3.8, 4) is 0 Å². The molecule has 9 nitrogen and oxygen atoms in total. The number of methoxy groups -OCH3 is 1. The lowest BCUT2D eigenvalue weighted by Gasteiger charge is -2.11. The number of hydrogen-bond donors (Lipinski definition) is 2. The molecular formula is C16H27NO8. The van der Waals surface area contributed by atoms with Gasteiger partial charge in [-0.25, -0.2) is 0 Å². The normalized spacial score (nSPS) is 11.8. The number of rotatable bonds is 16. The summed E-state index contributed by atoms with van der Waals surface area (Å²) in [4.78, 5) is 44.7. The third-order valence-corrected chi connectivity index (χ3v) is 3.15. The maximum Gasteiger partial charge on any atom is 0.306 e. The summed E-state index contributed by atoms with van der Waals surface area (Å²) in [5.41, 5.74) is 0. The smallest absolute Gasteiger partial charge is 0.306 e. The Labute approximate surface area is 147 Å². The van der Waals surface area contributed by atoms with Crippen LogP contribution >= 0.6 is 0 Å². The second-order valence-corrected chi connectivity index (χ2v) is 5.47. The number of aliphatic carboxylic acids is 1. The maximum atomic E-state index is 11.7. The Balaban J connectivity index is 3.69. The first kappa shape index (κ1) is 23.2. The molecule has 0 radical (unpaired) electrons. The quantitative estimate of drug-likeness (QED) is 0.362. The van der Waals surface area contributed by atoms with Gasteiger partial charge in [0.05, 0.1) is 25.7 Å². The van der Waals surface area contributed by atoms with E-state index in [4.69, 9.17) is 14.6 Å². The Morgan fingerprint density at radius 1 is 1.04 bits per heavy atom. The van der Waals surface area contributed by atoms with E-state index >= 15 is 0 Å². The summed E-state index contributed by atoms with van der Waals surface area (Å²) in [5.74, 6) is -2.63. The number of ketones is 2. The molecular weight excluding hydrogens is 334 g/mol. The lowest BCUT2D eigenvalue weighted by Crippen LogP contribution is -2.30. The summed E-state index contributed by atoms with van der Waals surface area (Å²) in [7, 11) is 1.43. The summed E-state index contributed by atoms with van der Waals surface area (Å²) in [5, 5.41) is 11.6. The Bertz CT molecular complexity index is 438. The molecule has 0 aromatic carbocycles. The summed E-state index contributed by atoms with van der Waals surface area (Å²) in [6.07, 6.45) is 0.128. The van der Waals surface area contributed by atoms with E-state index in [1.807, 2.05) is 0 Å².